The van der Waals surface area contributed by atoms with Crippen molar-refractivity contribution < 1.29 is 14.3 Å². The SMILES string of the molecule is CCCCCCOc1ccc2ccccc2c1C1Nc2ccccc2C(=O)N1CCOC. The highest BCUT2D eigenvalue weighted by atomic mass is 16.5. The first-order valence-electron chi connectivity index (χ1n) is 11.5. The van der Waals surface area contributed by atoms with Crippen LogP contribution in [0.4, 0.5) is 5.69 Å². The van der Waals surface area contributed by atoms with E-state index in [1.54, 1.807) is 7.11 Å². The molecule has 0 radical (unpaired) electrons. The van der Waals surface area contributed by atoms with Gasteiger partial charge in [0.2, 0.25) is 0 Å². The number of carbonyl (C=O) groups is 1. The van der Waals surface area contributed by atoms with E-state index < -0.39 is 0 Å². The minimum absolute atomic E-state index is 0.00299. The van der Waals surface area contributed by atoms with Gasteiger partial charge in [-0.15, -0.1) is 0 Å². The van der Waals surface area contributed by atoms with Crippen LogP contribution in [0.2, 0.25) is 0 Å². The van der Waals surface area contributed by atoms with Crippen molar-refractivity contribution in [1.29, 1.82) is 0 Å². The maximum absolute atomic E-state index is 13.5. The smallest absolute Gasteiger partial charge is 0.257 e. The molecule has 0 saturated heterocycles. The van der Waals surface area contributed by atoms with E-state index in [0.717, 1.165) is 40.6 Å². The average molecular weight is 433 g/mol. The van der Waals surface area contributed by atoms with Crippen LogP contribution in [0.5, 0.6) is 5.75 Å². The average Bonchev–Trinajstić information content (AvgIpc) is 2.83. The van der Waals surface area contributed by atoms with E-state index in [0.29, 0.717) is 25.3 Å². The Morgan fingerprint density at radius 2 is 1.75 bits per heavy atom. The highest BCUT2D eigenvalue weighted by Crippen LogP contribution is 2.40. The van der Waals surface area contributed by atoms with E-state index in [1.165, 1.54) is 12.8 Å². The Kier molecular flexibility index (Phi) is 7.28. The number of amides is 1. The summed E-state index contributed by atoms with van der Waals surface area (Å²) in [5.41, 5.74) is 2.53. The maximum Gasteiger partial charge on any atom is 0.257 e. The predicted molar refractivity (Wildman–Crippen MR) is 129 cm³/mol. The molecule has 1 atom stereocenters. The normalized spacial score (nSPS) is 15.5. The first kappa shape index (κ1) is 22.2. The summed E-state index contributed by atoms with van der Waals surface area (Å²) in [7, 11) is 1.66. The van der Waals surface area contributed by atoms with Crippen LogP contribution in [0.15, 0.2) is 60.7 Å². The zero-order valence-corrected chi connectivity index (χ0v) is 19.0. The molecule has 3 aromatic rings. The lowest BCUT2D eigenvalue weighted by atomic mass is 9.97. The zero-order chi connectivity index (χ0) is 22.3. The number of hydrogen-bond acceptors (Lipinski definition) is 4. The molecule has 0 fully saturated rings. The third kappa shape index (κ3) is 4.58. The van der Waals surface area contributed by atoms with E-state index in [9.17, 15) is 4.79 Å². The summed E-state index contributed by atoms with van der Waals surface area (Å²) < 4.78 is 11.6. The van der Waals surface area contributed by atoms with Crippen LogP contribution in [0.1, 0.15) is 54.7 Å². The second-order valence-electron chi connectivity index (χ2n) is 8.19. The van der Waals surface area contributed by atoms with Crippen molar-refractivity contribution in [3.63, 3.8) is 0 Å². The van der Waals surface area contributed by atoms with Crippen molar-refractivity contribution in [1.82, 2.24) is 4.90 Å². The molecule has 0 spiro atoms. The molecule has 168 valence electrons. The number of methoxy groups -OCH3 is 1. The number of hydrogen-bond donors (Lipinski definition) is 1. The molecule has 32 heavy (non-hydrogen) atoms. The fourth-order valence-electron chi connectivity index (χ4n) is 4.34. The van der Waals surface area contributed by atoms with E-state index in [1.807, 2.05) is 47.4 Å². The maximum atomic E-state index is 13.5. The summed E-state index contributed by atoms with van der Waals surface area (Å²) >= 11 is 0. The van der Waals surface area contributed by atoms with Gasteiger partial charge >= 0.3 is 0 Å². The molecule has 1 amide bonds. The molecule has 0 saturated carbocycles. The molecule has 1 unspecified atom stereocenters. The Morgan fingerprint density at radius 3 is 2.59 bits per heavy atom. The minimum atomic E-state index is -0.343. The number of ether oxygens (including phenoxy) is 2. The van der Waals surface area contributed by atoms with Crippen molar-refractivity contribution in [2.45, 2.75) is 38.8 Å². The Bertz CT molecular complexity index is 1070. The van der Waals surface area contributed by atoms with Crippen molar-refractivity contribution >= 4 is 22.4 Å². The summed E-state index contributed by atoms with van der Waals surface area (Å²) in [5, 5.41) is 5.83. The van der Waals surface area contributed by atoms with E-state index in [2.05, 4.69) is 30.4 Å². The monoisotopic (exact) mass is 432 g/mol. The quantitative estimate of drug-likeness (QED) is 0.399. The van der Waals surface area contributed by atoms with Gasteiger partial charge in [0, 0.05) is 24.9 Å². The van der Waals surface area contributed by atoms with E-state index in [4.69, 9.17) is 9.47 Å². The number of rotatable bonds is 10. The van der Waals surface area contributed by atoms with Crippen molar-refractivity contribution in [3.05, 3.63) is 71.8 Å². The number of unbranched alkanes of at least 4 members (excludes halogenated alkanes) is 3. The summed E-state index contributed by atoms with van der Waals surface area (Å²) in [4.78, 5) is 15.3. The molecule has 0 aliphatic carbocycles. The number of anilines is 1. The van der Waals surface area contributed by atoms with Gasteiger partial charge in [-0.25, -0.2) is 0 Å². The lowest BCUT2D eigenvalue weighted by Gasteiger charge is -2.39. The molecular weight excluding hydrogens is 400 g/mol. The zero-order valence-electron chi connectivity index (χ0n) is 19.0. The van der Waals surface area contributed by atoms with Gasteiger partial charge in [0.1, 0.15) is 11.9 Å². The Labute approximate surface area is 190 Å². The predicted octanol–water partition coefficient (Wildman–Crippen LogP) is 6.01. The first-order chi connectivity index (χ1) is 15.7. The molecule has 1 heterocycles. The van der Waals surface area contributed by atoms with Crippen LogP contribution in [-0.4, -0.2) is 37.7 Å². The molecule has 5 heteroatoms. The van der Waals surface area contributed by atoms with Gasteiger partial charge in [0.25, 0.3) is 5.91 Å². The summed E-state index contributed by atoms with van der Waals surface area (Å²) in [6, 6.07) is 20.1. The Hall–Kier alpha value is -3.05. The second-order valence-corrected chi connectivity index (χ2v) is 8.19. The van der Waals surface area contributed by atoms with Crippen molar-refractivity contribution in [3.8, 4) is 5.75 Å². The van der Waals surface area contributed by atoms with Crippen molar-refractivity contribution in [2.24, 2.45) is 0 Å². The third-order valence-electron chi connectivity index (χ3n) is 6.02. The number of nitrogens with zero attached hydrogens (tertiary/aromatic N) is 1. The molecule has 0 aromatic heterocycles. The van der Waals surface area contributed by atoms with Crippen LogP contribution in [0.3, 0.4) is 0 Å². The summed E-state index contributed by atoms with van der Waals surface area (Å²) in [6.45, 7) is 3.83. The van der Waals surface area contributed by atoms with Crippen molar-refractivity contribution in [2.75, 3.05) is 32.2 Å². The third-order valence-corrected chi connectivity index (χ3v) is 6.02. The van der Waals surface area contributed by atoms with Gasteiger partial charge in [-0.05, 0) is 35.4 Å². The van der Waals surface area contributed by atoms with Crippen LogP contribution in [0.25, 0.3) is 10.8 Å². The molecule has 3 aromatic carbocycles. The minimum Gasteiger partial charge on any atom is -0.493 e. The summed E-state index contributed by atoms with van der Waals surface area (Å²) in [5.74, 6) is 0.829. The van der Waals surface area contributed by atoms with Crippen LogP contribution in [0, 0.1) is 0 Å². The Morgan fingerprint density at radius 1 is 0.938 bits per heavy atom. The Balaban J connectivity index is 1.76. The molecule has 1 aliphatic heterocycles. The number of para-hydroxylation sites is 1. The van der Waals surface area contributed by atoms with Gasteiger partial charge < -0.3 is 19.7 Å². The molecule has 5 nitrogen and oxygen atoms in total. The molecule has 0 bridgehead atoms. The topological polar surface area (TPSA) is 50.8 Å². The van der Waals surface area contributed by atoms with E-state index in [-0.39, 0.29) is 12.1 Å². The van der Waals surface area contributed by atoms with Gasteiger partial charge in [-0.3, -0.25) is 4.79 Å². The molecule has 1 N–H and O–H groups in total. The highest BCUT2D eigenvalue weighted by molar-refractivity contribution is 6.02. The summed E-state index contributed by atoms with van der Waals surface area (Å²) in [6.07, 6.45) is 4.25. The second kappa shape index (κ2) is 10.5. The van der Waals surface area contributed by atoms with Gasteiger partial charge in [0.05, 0.1) is 18.8 Å². The van der Waals surface area contributed by atoms with Crippen LogP contribution < -0.4 is 10.1 Å². The standard InChI is InChI=1S/C27H32N2O3/c1-3-4-5-10-18-32-24-16-15-20-11-6-7-12-21(20)25(24)26-28-23-14-9-8-13-22(23)27(30)29(26)17-19-31-2/h6-9,11-16,26,28H,3-5,10,17-19H2,1-2H3. The first-order valence-corrected chi connectivity index (χ1v) is 11.5. The molecular formula is C27H32N2O3. The van der Waals surface area contributed by atoms with Crippen LogP contribution in [-0.2, 0) is 4.74 Å². The lowest BCUT2D eigenvalue weighted by Crippen LogP contribution is -2.44. The molecule has 1 aliphatic rings. The fourth-order valence-corrected chi connectivity index (χ4v) is 4.34. The molecule has 4 rings (SSSR count). The van der Waals surface area contributed by atoms with Gasteiger partial charge in [-0.2, -0.15) is 0 Å². The van der Waals surface area contributed by atoms with Gasteiger partial charge in [-0.1, -0.05) is 68.7 Å². The lowest BCUT2D eigenvalue weighted by molar-refractivity contribution is 0.0608. The largest absolute Gasteiger partial charge is 0.493 e. The number of carbonyl (C=O) groups excluding carboxylic acids is 1. The number of fused-ring (bicyclic) bond motifs is 2. The fraction of sp³-hybridized carbons (Fsp3) is 0.370. The number of benzene rings is 3. The number of nitrogens with one attached hydrogen (secondary N) is 1. The van der Waals surface area contributed by atoms with Gasteiger partial charge in [0.15, 0.2) is 0 Å². The van der Waals surface area contributed by atoms with E-state index >= 15 is 0 Å². The van der Waals surface area contributed by atoms with Crippen LogP contribution >= 0.6 is 0 Å². The highest BCUT2D eigenvalue weighted by Gasteiger charge is 2.35.